The molecule has 2 amide bonds. The molecule has 6 nitrogen and oxygen atoms in total. The second-order valence-corrected chi connectivity index (χ2v) is 6.63. The third kappa shape index (κ3) is 9.91. The number of hydrogen-bond acceptors (Lipinski definition) is 2. The highest BCUT2D eigenvalue weighted by atomic mass is 16.2. The molecule has 0 aliphatic carbocycles. The van der Waals surface area contributed by atoms with Gasteiger partial charge in [-0.05, 0) is 44.9 Å². The zero-order chi connectivity index (χ0) is 19.2. The van der Waals surface area contributed by atoms with Crippen LogP contribution < -0.4 is 21.3 Å². The summed E-state index contributed by atoms with van der Waals surface area (Å²) in [4.78, 5) is 16.3. The molecule has 0 aliphatic heterocycles. The average molecular weight is 362 g/mol. The zero-order valence-corrected chi connectivity index (χ0v) is 16.7. The highest BCUT2D eigenvalue weighted by Gasteiger charge is 2.03. The first-order valence-electron chi connectivity index (χ1n) is 9.73. The smallest absolute Gasteiger partial charge is 0.319 e. The molecule has 0 aromatic heterocycles. The second-order valence-electron chi connectivity index (χ2n) is 6.63. The van der Waals surface area contributed by atoms with Crippen molar-refractivity contribution in [1.82, 2.24) is 16.0 Å². The lowest BCUT2D eigenvalue weighted by Gasteiger charge is -2.12. The van der Waals surface area contributed by atoms with Gasteiger partial charge in [-0.3, -0.25) is 0 Å². The number of amides is 2. The van der Waals surface area contributed by atoms with Gasteiger partial charge in [0.25, 0.3) is 0 Å². The third-order valence-electron chi connectivity index (χ3n) is 3.72. The lowest BCUT2D eigenvalue weighted by atomic mass is 10.2. The van der Waals surface area contributed by atoms with Crippen molar-refractivity contribution in [2.24, 2.45) is 4.99 Å². The minimum absolute atomic E-state index is 0.113. The molecule has 0 radical (unpaired) electrons. The highest BCUT2D eigenvalue weighted by Crippen LogP contribution is 2.10. The van der Waals surface area contributed by atoms with Crippen LogP contribution in [0.25, 0.3) is 0 Å². The molecular formula is C20H35N5O. The van der Waals surface area contributed by atoms with E-state index in [1.54, 1.807) is 0 Å². The fourth-order valence-corrected chi connectivity index (χ4v) is 2.39. The molecule has 0 saturated heterocycles. The van der Waals surface area contributed by atoms with E-state index in [9.17, 15) is 4.79 Å². The molecule has 4 N–H and O–H groups in total. The van der Waals surface area contributed by atoms with Crippen molar-refractivity contribution >= 4 is 17.7 Å². The zero-order valence-electron chi connectivity index (χ0n) is 16.7. The van der Waals surface area contributed by atoms with E-state index in [0.29, 0.717) is 6.54 Å². The van der Waals surface area contributed by atoms with Crippen LogP contribution in [0.15, 0.2) is 29.3 Å². The third-order valence-corrected chi connectivity index (χ3v) is 3.72. The van der Waals surface area contributed by atoms with E-state index in [-0.39, 0.29) is 12.1 Å². The van der Waals surface area contributed by atoms with E-state index in [1.807, 2.05) is 38.1 Å². The standard InChI is InChI=1S/C20H35N5O/c1-5-7-8-9-14-22-19(21-6-2)23-15-17-10-12-18(13-11-17)25-20(26)24-16(3)4/h10-13,16H,5-9,14-15H2,1-4H3,(H2,21,22,23)(H2,24,25,26). The molecule has 1 rings (SSSR count). The number of rotatable bonds is 10. The number of anilines is 1. The molecule has 0 unspecified atom stereocenters. The predicted molar refractivity (Wildman–Crippen MR) is 111 cm³/mol. The fraction of sp³-hybridized carbons (Fsp3) is 0.600. The maximum Gasteiger partial charge on any atom is 0.319 e. The summed E-state index contributed by atoms with van der Waals surface area (Å²) >= 11 is 0. The summed E-state index contributed by atoms with van der Waals surface area (Å²) < 4.78 is 0. The molecule has 146 valence electrons. The monoisotopic (exact) mass is 361 g/mol. The minimum Gasteiger partial charge on any atom is -0.357 e. The van der Waals surface area contributed by atoms with E-state index in [0.717, 1.165) is 36.7 Å². The van der Waals surface area contributed by atoms with Gasteiger partial charge in [0, 0.05) is 24.8 Å². The molecule has 6 heteroatoms. The van der Waals surface area contributed by atoms with Crippen LogP contribution in [0.3, 0.4) is 0 Å². The molecule has 0 saturated carbocycles. The van der Waals surface area contributed by atoms with Crippen LogP contribution >= 0.6 is 0 Å². The van der Waals surface area contributed by atoms with Gasteiger partial charge in [0.05, 0.1) is 6.54 Å². The van der Waals surface area contributed by atoms with Crippen LogP contribution in [-0.4, -0.2) is 31.1 Å². The van der Waals surface area contributed by atoms with Gasteiger partial charge in [0.15, 0.2) is 5.96 Å². The van der Waals surface area contributed by atoms with E-state index >= 15 is 0 Å². The Bertz CT molecular complexity index is 540. The number of carbonyl (C=O) groups excluding carboxylic acids is 1. The molecule has 0 fully saturated rings. The lowest BCUT2D eigenvalue weighted by molar-refractivity contribution is 0.250. The summed E-state index contributed by atoms with van der Waals surface area (Å²) in [5.41, 5.74) is 1.87. The van der Waals surface area contributed by atoms with Crippen molar-refractivity contribution in [3.8, 4) is 0 Å². The summed E-state index contributed by atoms with van der Waals surface area (Å²) in [6, 6.07) is 7.69. The Hall–Kier alpha value is -2.24. The summed E-state index contributed by atoms with van der Waals surface area (Å²) in [6.45, 7) is 10.5. The number of nitrogens with one attached hydrogen (secondary N) is 4. The molecule has 1 aromatic rings. The average Bonchev–Trinajstić information content (AvgIpc) is 2.60. The summed E-state index contributed by atoms with van der Waals surface area (Å²) in [7, 11) is 0. The van der Waals surface area contributed by atoms with E-state index in [4.69, 9.17) is 0 Å². The SMILES string of the molecule is CCCCCCNC(=NCc1ccc(NC(=O)NC(C)C)cc1)NCC. The van der Waals surface area contributed by atoms with Crippen molar-refractivity contribution in [2.75, 3.05) is 18.4 Å². The van der Waals surface area contributed by atoms with Crippen molar-refractivity contribution in [3.05, 3.63) is 29.8 Å². The number of urea groups is 1. The largest absolute Gasteiger partial charge is 0.357 e. The lowest BCUT2D eigenvalue weighted by Crippen LogP contribution is -2.37. The van der Waals surface area contributed by atoms with E-state index < -0.39 is 0 Å². The Morgan fingerprint density at radius 3 is 2.38 bits per heavy atom. The molecule has 0 atom stereocenters. The van der Waals surface area contributed by atoms with Crippen LogP contribution in [-0.2, 0) is 6.54 Å². The molecule has 0 aliphatic rings. The maximum atomic E-state index is 11.7. The van der Waals surface area contributed by atoms with Gasteiger partial charge in [0.1, 0.15) is 0 Å². The van der Waals surface area contributed by atoms with Crippen molar-refractivity contribution in [2.45, 2.75) is 66.0 Å². The first-order valence-corrected chi connectivity index (χ1v) is 9.73. The fourth-order valence-electron chi connectivity index (χ4n) is 2.39. The Labute approximate surface area is 158 Å². The number of aliphatic imine (C=N–C) groups is 1. The van der Waals surface area contributed by atoms with Gasteiger partial charge in [-0.2, -0.15) is 0 Å². The summed E-state index contributed by atoms with van der Waals surface area (Å²) in [5, 5.41) is 12.3. The summed E-state index contributed by atoms with van der Waals surface area (Å²) in [5.74, 6) is 0.850. The minimum atomic E-state index is -0.188. The Kier molecular flexibility index (Phi) is 10.9. The van der Waals surface area contributed by atoms with Gasteiger partial charge in [0.2, 0.25) is 0 Å². The molecule has 0 spiro atoms. The molecule has 0 heterocycles. The Balaban J connectivity index is 2.48. The Morgan fingerprint density at radius 1 is 1.04 bits per heavy atom. The van der Waals surface area contributed by atoms with E-state index in [2.05, 4.69) is 40.1 Å². The number of nitrogens with zero attached hydrogens (tertiary/aromatic N) is 1. The molecule has 1 aromatic carbocycles. The van der Waals surface area contributed by atoms with Crippen molar-refractivity contribution in [1.29, 1.82) is 0 Å². The number of unbranched alkanes of at least 4 members (excludes halogenated alkanes) is 3. The van der Waals surface area contributed by atoms with Gasteiger partial charge in [-0.15, -0.1) is 0 Å². The molecule has 0 bridgehead atoms. The van der Waals surface area contributed by atoms with Crippen LogP contribution in [0.5, 0.6) is 0 Å². The second kappa shape index (κ2) is 13.0. The maximum absolute atomic E-state index is 11.7. The Morgan fingerprint density at radius 2 is 1.77 bits per heavy atom. The number of carbonyl (C=O) groups is 1. The summed E-state index contributed by atoms with van der Waals surface area (Å²) in [6.07, 6.45) is 4.95. The number of hydrogen-bond donors (Lipinski definition) is 4. The van der Waals surface area contributed by atoms with Gasteiger partial charge >= 0.3 is 6.03 Å². The van der Waals surface area contributed by atoms with Crippen LogP contribution in [0.4, 0.5) is 10.5 Å². The quantitative estimate of drug-likeness (QED) is 0.290. The van der Waals surface area contributed by atoms with Gasteiger partial charge < -0.3 is 21.3 Å². The van der Waals surface area contributed by atoms with Crippen molar-refractivity contribution < 1.29 is 4.79 Å². The van der Waals surface area contributed by atoms with Gasteiger partial charge in [-0.25, -0.2) is 9.79 Å². The number of benzene rings is 1. The number of guanidine groups is 1. The molecule has 26 heavy (non-hydrogen) atoms. The van der Waals surface area contributed by atoms with Crippen LogP contribution in [0, 0.1) is 0 Å². The van der Waals surface area contributed by atoms with E-state index in [1.165, 1.54) is 19.3 Å². The highest BCUT2D eigenvalue weighted by molar-refractivity contribution is 5.89. The first-order chi connectivity index (χ1) is 12.5. The first kappa shape index (κ1) is 21.8. The van der Waals surface area contributed by atoms with Crippen molar-refractivity contribution in [3.63, 3.8) is 0 Å². The van der Waals surface area contributed by atoms with Crippen LogP contribution in [0.1, 0.15) is 58.9 Å². The van der Waals surface area contributed by atoms with Crippen LogP contribution in [0.2, 0.25) is 0 Å². The topological polar surface area (TPSA) is 77.5 Å². The normalized spacial score (nSPS) is 11.3. The predicted octanol–water partition coefficient (Wildman–Crippen LogP) is 3.85. The molecular weight excluding hydrogens is 326 g/mol. The van der Waals surface area contributed by atoms with Gasteiger partial charge in [-0.1, -0.05) is 38.3 Å².